The number of hydrogen-bond donors (Lipinski definition) is 1. The van der Waals surface area contributed by atoms with E-state index in [4.69, 9.17) is 0 Å². The SMILES string of the molecule is CCC(C)(Sc1ccc(O)cc1)c1ccccc1. The molecule has 0 amide bonds. The summed E-state index contributed by atoms with van der Waals surface area (Å²) in [5, 5.41) is 9.32. The molecular formula is C16H18OS. The van der Waals surface area contributed by atoms with Crippen LogP contribution >= 0.6 is 11.8 Å². The van der Waals surface area contributed by atoms with Gasteiger partial charge >= 0.3 is 0 Å². The number of hydrogen-bond acceptors (Lipinski definition) is 2. The lowest BCUT2D eigenvalue weighted by Crippen LogP contribution is -2.15. The topological polar surface area (TPSA) is 20.2 Å². The first-order chi connectivity index (χ1) is 8.64. The molecule has 1 nitrogen and oxygen atoms in total. The van der Waals surface area contributed by atoms with Crippen LogP contribution in [0.1, 0.15) is 25.8 Å². The summed E-state index contributed by atoms with van der Waals surface area (Å²) in [5.41, 5.74) is 1.34. The van der Waals surface area contributed by atoms with Crippen molar-refractivity contribution in [2.45, 2.75) is 29.9 Å². The molecule has 0 aliphatic heterocycles. The van der Waals surface area contributed by atoms with Crippen molar-refractivity contribution in [3.63, 3.8) is 0 Å². The number of aromatic hydroxyl groups is 1. The number of phenolic OH excluding ortho intramolecular Hbond substituents is 1. The van der Waals surface area contributed by atoms with Crippen LogP contribution < -0.4 is 0 Å². The maximum Gasteiger partial charge on any atom is 0.115 e. The highest BCUT2D eigenvalue weighted by atomic mass is 32.2. The van der Waals surface area contributed by atoms with Gasteiger partial charge in [0.25, 0.3) is 0 Å². The zero-order valence-corrected chi connectivity index (χ0v) is 11.6. The van der Waals surface area contributed by atoms with Crippen LogP contribution in [0, 0.1) is 0 Å². The average molecular weight is 258 g/mol. The van der Waals surface area contributed by atoms with Crippen LogP contribution in [0.15, 0.2) is 59.5 Å². The van der Waals surface area contributed by atoms with Gasteiger partial charge in [0, 0.05) is 9.64 Å². The fraction of sp³-hybridized carbons (Fsp3) is 0.250. The van der Waals surface area contributed by atoms with Crippen LogP contribution in [0.5, 0.6) is 5.75 Å². The molecule has 2 heteroatoms. The number of thioether (sulfide) groups is 1. The van der Waals surface area contributed by atoms with Crippen molar-refractivity contribution in [1.82, 2.24) is 0 Å². The molecule has 0 bridgehead atoms. The molecule has 0 saturated heterocycles. The summed E-state index contributed by atoms with van der Waals surface area (Å²) in [7, 11) is 0. The van der Waals surface area contributed by atoms with Gasteiger partial charge in [0.05, 0.1) is 0 Å². The quantitative estimate of drug-likeness (QED) is 0.794. The lowest BCUT2D eigenvalue weighted by Gasteiger charge is -2.28. The zero-order chi connectivity index (χ0) is 13.0. The maximum atomic E-state index is 9.32. The van der Waals surface area contributed by atoms with E-state index >= 15 is 0 Å². The highest BCUT2D eigenvalue weighted by molar-refractivity contribution is 8.00. The highest BCUT2D eigenvalue weighted by Crippen LogP contribution is 2.43. The lowest BCUT2D eigenvalue weighted by atomic mass is 9.98. The minimum atomic E-state index is 0.0677. The molecule has 0 aliphatic rings. The largest absolute Gasteiger partial charge is 0.508 e. The number of benzene rings is 2. The summed E-state index contributed by atoms with van der Waals surface area (Å²) in [4.78, 5) is 1.18. The first-order valence-corrected chi connectivity index (χ1v) is 6.99. The third-order valence-corrected chi connectivity index (χ3v) is 4.72. The second-order valence-corrected chi connectivity index (χ2v) is 6.12. The Kier molecular flexibility index (Phi) is 3.97. The maximum absolute atomic E-state index is 9.32. The number of rotatable bonds is 4. The predicted molar refractivity (Wildman–Crippen MR) is 78.0 cm³/mol. The van der Waals surface area contributed by atoms with E-state index in [-0.39, 0.29) is 4.75 Å². The molecule has 18 heavy (non-hydrogen) atoms. The third kappa shape index (κ3) is 2.88. The van der Waals surface area contributed by atoms with Crippen molar-refractivity contribution in [2.24, 2.45) is 0 Å². The van der Waals surface area contributed by atoms with Crippen molar-refractivity contribution in [3.8, 4) is 5.75 Å². The Hall–Kier alpha value is -1.41. The summed E-state index contributed by atoms with van der Waals surface area (Å²) in [6, 6.07) is 18.0. The van der Waals surface area contributed by atoms with Gasteiger partial charge in [-0.3, -0.25) is 0 Å². The molecule has 2 rings (SSSR count). The predicted octanol–water partition coefficient (Wildman–Crippen LogP) is 4.81. The van der Waals surface area contributed by atoms with E-state index in [1.807, 2.05) is 30.0 Å². The van der Waals surface area contributed by atoms with Gasteiger partial charge in [-0.15, -0.1) is 11.8 Å². The normalized spacial score (nSPS) is 14.1. The molecule has 0 spiro atoms. The van der Waals surface area contributed by atoms with Gasteiger partial charge in [-0.1, -0.05) is 37.3 Å². The molecule has 0 aliphatic carbocycles. The van der Waals surface area contributed by atoms with E-state index in [9.17, 15) is 5.11 Å². The van der Waals surface area contributed by atoms with Crippen LogP contribution in [0.3, 0.4) is 0 Å². The van der Waals surface area contributed by atoms with Crippen molar-refractivity contribution in [3.05, 3.63) is 60.2 Å². The molecule has 1 unspecified atom stereocenters. The standard InChI is InChI=1S/C16H18OS/c1-3-16(2,13-7-5-4-6-8-13)18-15-11-9-14(17)10-12-15/h4-12,17H,3H2,1-2H3. The van der Waals surface area contributed by atoms with Crippen molar-refractivity contribution < 1.29 is 5.11 Å². The van der Waals surface area contributed by atoms with Crippen molar-refractivity contribution in [1.29, 1.82) is 0 Å². The van der Waals surface area contributed by atoms with Gasteiger partial charge in [-0.05, 0) is 43.2 Å². The molecule has 1 N–H and O–H groups in total. The van der Waals surface area contributed by atoms with Gasteiger partial charge in [0.15, 0.2) is 0 Å². The van der Waals surface area contributed by atoms with E-state index in [1.165, 1.54) is 10.5 Å². The number of phenols is 1. The van der Waals surface area contributed by atoms with Gasteiger partial charge < -0.3 is 5.11 Å². The Labute approximate surface area is 113 Å². The molecule has 0 saturated carbocycles. The Morgan fingerprint density at radius 1 is 1.00 bits per heavy atom. The Morgan fingerprint density at radius 2 is 1.61 bits per heavy atom. The summed E-state index contributed by atoms with van der Waals surface area (Å²) in [6.07, 6.45) is 1.06. The van der Waals surface area contributed by atoms with Crippen LogP contribution in [0.25, 0.3) is 0 Å². The van der Waals surface area contributed by atoms with E-state index in [0.29, 0.717) is 5.75 Å². The molecule has 2 aromatic carbocycles. The zero-order valence-electron chi connectivity index (χ0n) is 10.8. The van der Waals surface area contributed by atoms with Crippen LogP contribution in [-0.4, -0.2) is 5.11 Å². The molecule has 0 aromatic heterocycles. The van der Waals surface area contributed by atoms with Crippen LogP contribution in [0.4, 0.5) is 0 Å². The van der Waals surface area contributed by atoms with E-state index in [2.05, 4.69) is 38.1 Å². The van der Waals surface area contributed by atoms with E-state index in [1.54, 1.807) is 12.1 Å². The van der Waals surface area contributed by atoms with Gasteiger partial charge in [0.1, 0.15) is 5.75 Å². The lowest BCUT2D eigenvalue weighted by molar-refractivity contribution is 0.475. The monoisotopic (exact) mass is 258 g/mol. The molecule has 0 heterocycles. The smallest absolute Gasteiger partial charge is 0.115 e. The summed E-state index contributed by atoms with van der Waals surface area (Å²) in [6.45, 7) is 4.47. The second kappa shape index (κ2) is 5.49. The minimum absolute atomic E-state index is 0.0677. The molecule has 94 valence electrons. The second-order valence-electron chi connectivity index (χ2n) is 4.55. The molecule has 1 atom stereocenters. The van der Waals surface area contributed by atoms with Gasteiger partial charge in [-0.2, -0.15) is 0 Å². The fourth-order valence-corrected chi connectivity index (χ4v) is 3.09. The summed E-state index contributed by atoms with van der Waals surface area (Å²) >= 11 is 1.84. The van der Waals surface area contributed by atoms with Crippen LogP contribution in [0.2, 0.25) is 0 Å². The van der Waals surface area contributed by atoms with E-state index < -0.39 is 0 Å². The average Bonchev–Trinajstić information content (AvgIpc) is 2.42. The van der Waals surface area contributed by atoms with Crippen LogP contribution in [-0.2, 0) is 4.75 Å². The van der Waals surface area contributed by atoms with Crippen molar-refractivity contribution in [2.75, 3.05) is 0 Å². The Morgan fingerprint density at radius 3 is 2.17 bits per heavy atom. The Bertz CT molecular complexity index is 492. The first-order valence-electron chi connectivity index (χ1n) is 6.17. The first kappa shape index (κ1) is 13.0. The van der Waals surface area contributed by atoms with E-state index in [0.717, 1.165) is 6.42 Å². The Balaban J connectivity index is 2.26. The van der Waals surface area contributed by atoms with Crippen molar-refractivity contribution >= 4 is 11.8 Å². The van der Waals surface area contributed by atoms with Gasteiger partial charge in [-0.25, -0.2) is 0 Å². The molecule has 2 aromatic rings. The summed E-state index contributed by atoms with van der Waals surface area (Å²) in [5.74, 6) is 0.317. The molecular weight excluding hydrogens is 240 g/mol. The molecule has 0 radical (unpaired) electrons. The fourth-order valence-electron chi connectivity index (χ4n) is 1.90. The summed E-state index contributed by atoms with van der Waals surface area (Å²) < 4.78 is 0.0677. The van der Waals surface area contributed by atoms with Gasteiger partial charge in [0.2, 0.25) is 0 Å². The highest BCUT2D eigenvalue weighted by Gasteiger charge is 2.25. The third-order valence-electron chi connectivity index (χ3n) is 3.24. The molecule has 0 fully saturated rings. The minimum Gasteiger partial charge on any atom is -0.508 e.